The van der Waals surface area contributed by atoms with Crippen LogP contribution in [0.3, 0.4) is 0 Å². The van der Waals surface area contributed by atoms with Crippen LogP contribution in [0.25, 0.3) is 0 Å². The van der Waals surface area contributed by atoms with Gasteiger partial charge in [0.2, 0.25) is 0 Å². The van der Waals surface area contributed by atoms with Crippen molar-refractivity contribution < 1.29 is 30.0 Å². The molecule has 114 valence electrons. The van der Waals surface area contributed by atoms with Crippen LogP contribution in [-0.2, 0) is 9.22 Å². The lowest BCUT2D eigenvalue weighted by atomic mass is 9.88. The van der Waals surface area contributed by atoms with E-state index < -0.39 is 32.1 Å². The van der Waals surface area contributed by atoms with Crippen LogP contribution in [0.5, 0.6) is 0 Å². The van der Waals surface area contributed by atoms with Gasteiger partial charge in [-0.1, -0.05) is 20.8 Å². The lowest BCUT2D eigenvalue weighted by Gasteiger charge is -2.46. The third-order valence-corrected chi connectivity index (χ3v) is 8.48. The lowest BCUT2D eigenvalue weighted by Crippen LogP contribution is -2.60. The number of carbonyl (C=O) groups excluding carboxylic acids is 1. The average molecular weight is 294 g/mol. The first-order valence-corrected chi connectivity index (χ1v) is 9.11. The number of hydrogen-bond donors (Lipinski definition) is 3. The minimum absolute atomic E-state index is 0. The molecular weight excluding hydrogens is 268 g/mol. The summed E-state index contributed by atoms with van der Waals surface area (Å²) in [5.74, 6) is -2.35. The van der Waals surface area contributed by atoms with Gasteiger partial charge in [-0.25, -0.2) is 0 Å². The second-order valence-corrected chi connectivity index (χ2v) is 11.3. The highest BCUT2D eigenvalue weighted by molar-refractivity contribution is 6.74. The van der Waals surface area contributed by atoms with Gasteiger partial charge in [-0.2, -0.15) is 0 Å². The summed E-state index contributed by atoms with van der Waals surface area (Å²) in [4.78, 5) is 11.5. The molecule has 5 N–H and O–H groups in total. The smallest absolute Gasteiger partial charge is 0.195 e. The number of rotatable bonds is 2. The Labute approximate surface area is 114 Å². The van der Waals surface area contributed by atoms with Gasteiger partial charge in [0, 0.05) is 6.42 Å². The van der Waals surface area contributed by atoms with Crippen molar-refractivity contribution in [3.63, 3.8) is 0 Å². The van der Waals surface area contributed by atoms with E-state index in [4.69, 9.17) is 4.43 Å². The predicted octanol–water partition coefficient (Wildman–Crippen LogP) is -0.0432. The van der Waals surface area contributed by atoms with Gasteiger partial charge in [0.15, 0.2) is 19.9 Å². The molecule has 1 saturated carbocycles. The number of Topliss-reactive ketones (excluding diaryl/α,β-unsaturated/α-hetero) is 1. The summed E-state index contributed by atoms with van der Waals surface area (Å²) < 4.78 is 5.77. The molecular formula is C12H26O6Si. The largest absolute Gasteiger partial charge is 0.412 e. The zero-order valence-electron chi connectivity index (χ0n) is 12.2. The SMILES string of the molecule is CC(C)(C)[Si](C)(C)O[C@]1(O)CC(=O)[C@H](O)C[C@H]1O.O. The van der Waals surface area contributed by atoms with Gasteiger partial charge in [0.25, 0.3) is 0 Å². The molecule has 0 aromatic rings. The van der Waals surface area contributed by atoms with E-state index >= 15 is 0 Å². The van der Waals surface area contributed by atoms with Gasteiger partial charge < -0.3 is 25.2 Å². The van der Waals surface area contributed by atoms with Crippen molar-refractivity contribution in [2.24, 2.45) is 0 Å². The molecule has 0 spiro atoms. The number of aliphatic hydroxyl groups excluding tert-OH is 2. The van der Waals surface area contributed by atoms with E-state index in [0.29, 0.717) is 0 Å². The Balaban J connectivity index is 0.00000324. The van der Waals surface area contributed by atoms with Crippen molar-refractivity contribution in [3.05, 3.63) is 0 Å². The first-order valence-electron chi connectivity index (χ1n) is 6.20. The maximum absolute atomic E-state index is 11.5. The van der Waals surface area contributed by atoms with Gasteiger partial charge in [0.1, 0.15) is 12.2 Å². The molecule has 0 amide bonds. The van der Waals surface area contributed by atoms with E-state index in [2.05, 4.69) is 0 Å². The standard InChI is InChI=1S/C12H24O5Si.H2O/c1-11(2,3)18(4,5)17-12(16)7-9(14)8(13)6-10(12)15;/h8,10,13,15-16H,6-7H2,1-5H3;1H2/t8-,10-,12-;/m1./s1. The molecule has 19 heavy (non-hydrogen) atoms. The summed E-state index contributed by atoms with van der Waals surface area (Å²) in [7, 11) is -2.30. The van der Waals surface area contributed by atoms with Crippen LogP contribution in [-0.4, -0.2) is 52.9 Å². The molecule has 7 heteroatoms. The molecule has 3 atom stereocenters. The third kappa shape index (κ3) is 3.84. The minimum Gasteiger partial charge on any atom is -0.412 e. The van der Waals surface area contributed by atoms with E-state index in [1.165, 1.54) is 0 Å². The fraction of sp³-hybridized carbons (Fsp3) is 0.917. The first-order chi connectivity index (χ1) is 7.89. The molecule has 0 bridgehead atoms. The molecule has 0 aromatic carbocycles. The predicted molar refractivity (Wildman–Crippen MR) is 73.1 cm³/mol. The van der Waals surface area contributed by atoms with E-state index in [9.17, 15) is 20.1 Å². The van der Waals surface area contributed by atoms with Crippen molar-refractivity contribution in [2.75, 3.05) is 0 Å². The molecule has 1 aliphatic carbocycles. The summed E-state index contributed by atoms with van der Waals surface area (Å²) >= 11 is 0. The van der Waals surface area contributed by atoms with Crippen molar-refractivity contribution in [1.82, 2.24) is 0 Å². The Morgan fingerprint density at radius 1 is 1.32 bits per heavy atom. The van der Waals surface area contributed by atoms with Gasteiger partial charge in [-0.05, 0) is 18.1 Å². The molecule has 0 unspecified atom stereocenters. The quantitative estimate of drug-likeness (QED) is 0.487. The number of ketones is 1. The number of carbonyl (C=O) groups is 1. The zero-order chi connectivity index (χ0) is 14.4. The molecule has 1 aliphatic rings. The van der Waals surface area contributed by atoms with Crippen molar-refractivity contribution in [1.29, 1.82) is 0 Å². The Hall–Kier alpha value is -0.313. The molecule has 6 nitrogen and oxygen atoms in total. The normalized spacial score (nSPS) is 32.9. The van der Waals surface area contributed by atoms with Crippen LogP contribution in [0.1, 0.15) is 33.6 Å². The molecule has 0 radical (unpaired) electrons. The maximum atomic E-state index is 11.5. The fourth-order valence-electron chi connectivity index (χ4n) is 1.71. The Morgan fingerprint density at radius 2 is 1.79 bits per heavy atom. The topological polar surface area (TPSA) is 118 Å². The lowest BCUT2D eigenvalue weighted by molar-refractivity contribution is -0.234. The van der Waals surface area contributed by atoms with Crippen molar-refractivity contribution in [2.45, 2.75) is 69.7 Å². The fourth-order valence-corrected chi connectivity index (χ4v) is 3.11. The van der Waals surface area contributed by atoms with Crippen molar-refractivity contribution >= 4 is 14.1 Å². The summed E-state index contributed by atoms with van der Waals surface area (Å²) in [5, 5.41) is 29.5. The summed E-state index contributed by atoms with van der Waals surface area (Å²) in [5.41, 5.74) is 0. The molecule has 1 fully saturated rings. The third-order valence-electron chi connectivity index (χ3n) is 4.00. The molecule has 0 heterocycles. The number of hydrogen-bond acceptors (Lipinski definition) is 5. The van der Waals surface area contributed by atoms with Gasteiger partial charge in [0.05, 0.1) is 6.42 Å². The zero-order valence-corrected chi connectivity index (χ0v) is 13.2. The maximum Gasteiger partial charge on any atom is 0.195 e. The van der Waals surface area contributed by atoms with E-state index in [0.717, 1.165) is 0 Å². The van der Waals surface area contributed by atoms with Crippen molar-refractivity contribution in [3.8, 4) is 0 Å². The van der Waals surface area contributed by atoms with E-state index in [-0.39, 0.29) is 23.4 Å². The molecule has 0 aromatic heterocycles. The van der Waals surface area contributed by atoms with Crippen LogP contribution < -0.4 is 0 Å². The number of aliphatic hydroxyl groups is 3. The summed E-state index contributed by atoms with van der Waals surface area (Å²) in [6, 6.07) is 0. The van der Waals surface area contributed by atoms with Crippen LogP contribution in [0.2, 0.25) is 18.1 Å². The van der Waals surface area contributed by atoms with Crippen LogP contribution >= 0.6 is 0 Å². The Bertz CT molecular complexity index is 338. The van der Waals surface area contributed by atoms with Gasteiger partial charge in [-0.15, -0.1) is 0 Å². The summed E-state index contributed by atoms with van der Waals surface area (Å²) in [6.07, 6.45) is -2.98. The average Bonchev–Trinajstić information content (AvgIpc) is 2.12. The molecule has 0 aliphatic heterocycles. The minimum atomic E-state index is -2.30. The monoisotopic (exact) mass is 294 g/mol. The highest BCUT2D eigenvalue weighted by atomic mass is 28.4. The second kappa shape index (κ2) is 5.59. The van der Waals surface area contributed by atoms with Gasteiger partial charge in [-0.3, -0.25) is 4.79 Å². The van der Waals surface area contributed by atoms with Crippen LogP contribution in [0, 0.1) is 0 Å². The van der Waals surface area contributed by atoms with Crippen LogP contribution in [0.15, 0.2) is 0 Å². The van der Waals surface area contributed by atoms with Crippen LogP contribution in [0.4, 0.5) is 0 Å². The second-order valence-electron chi connectivity index (χ2n) is 6.62. The highest BCUT2D eigenvalue weighted by Crippen LogP contribution is 2.41. The van der Waals surface area contributed by atoms with E-state index in [1.54, 1.807) is 0 Å². The van der Waals surface area contributed by atoms with E-state index in [1.807, 2.05) is 33.9 Å². The van der Waals surface area contributed by atoms with Gasteiger partial charge >= 0.3 is 0 Å². The molecule has 0 saturated heterocycles. The molecule has 1 rings (SSSR count). The Kier molecular flexibility index (Phi) is 5.50. The summed E-state index contributed by atoms with van der Waals surface area (Å²) in [6.45, 7) is 9.90. The highest BCUT2D eigenvalue weighted by Gasteiger charge is 2.51. The Morgan fingerprint density at radius 3 is 2.21 bits per heavy atom. The first kappa shape index (κ1) is 18.7.